The number of nitrogens with zero attached hydrogens (tertiary/aromatic N) is 10. The van der Waals surface area contributed by atoms with Crippen LogP contribution in [0.25, 0.3) is 33.3 Å². The van der Waals surface area contributed by atoms with Crippen LogP contribution >= 0.6 is 0 Å². The number of aliphatic hydroxyl groups is 1. The number of aromatic nitrogens is 4. The van der Waals surface area contributed by atoms with Crippen molar-refractivity contribution in [3.05, 3.63) is 108 Å². The topological polar surface area (TPSA) is 110 Å². The number of fused-ring (bicyclic) bond motifs is 2. The fraction of sp³-hybridized carbons (Fsp3) is 0.550. The second kappa shape index (κ2) is 21.8. The average Bonchev–Trinajstić information content (AvgIpc) is 4.04. The van der Waals surface area contributed by atoms with Gasteiger partial charge in [0.1, 0.15) is 23.0 Å². The van der Waals surface area contributed by atoms with Gasteiger partial charge in [-0.05, 0) is 121 Å². The molecule has 1 amide bonds. The number of piperazine rings is 2. The third-order valence-electron chi connectivity index (χ3n) is 17.7. The van der Waals surface area contributed by atoms with Crippen LogP contribution in [0.15, 0.2) is 91.5 Å². The van der Waals surface area contributed by atoms with Gasteiger partial charge < -0.3 is 38.9 Å². The number of anilines is 2. The monoisotopic (exact) mass is 1040 g/mol. The second-order valence-corrected chi connectivity index (χ2v) is 22.9. The van der Waals surface area contributed by atoms with Crippen LogP contribution in [0, 0.1) is 11.7 Å². The number of hydrogen-bond donors (Lipinski definition) is 1. The number of benzene rings is 2. The Balaban J connectivity index is 0.767. The molecular weight excluding hydrogens is 960 g/mol. The molecule has 4 aromatic heterocycles. The molecule has 8 heterocycles. The van der Waals surface area contributed by atoms with Gasteiger partial charge in [-0.2, -0.15) is 5.10 Å². The van der Waals surface area contributed by atoms with Crippen LogP contribution in [0.1, 0.15) is 84.3 Å². The van der Waals surface area contributed by atoms with E-state index < -0.39 is 12.0 Å². The lowest BCUT2D eigenvalue weighted by molar-refractivity contribution is -0.769. The molecule has 0 bridgehead atoms. The van der Waals surface area contributed by atoms with E-state index in [2.05, 4.69) is 124 Å². The van der Waals surface area contributed by atoms with Gasteiger partial charge in [0, 0.05) is 139 Å². The van der Waals surface area contributed by atoms with Crippen molar-refractivity contribution < 1.29 is 33.2 Å². The van der Waals surface area contributed by atoms with Crippen LogP contribution in [0.4, 0.5) is 15.8 Å². The molecule has 76 heavy (non-hydrogen) atoms. The van der Waals surface area contributed by atoms with Gasteiger partial charge in [-0.1, -0.05) is 36.4 Å². The Kier molecular flexibility index (Phi) is 15.1. The van der Waals surface area contributed by atoms with Gasteiger partial charge in [0.15, 0.2) is 12.7 Å². The highest BCUT2D eigenvalue weighted by Crippen LogP contribution is 2.41. The number of piperidine rings is 2. The first kappa shape index (κ1) is 52.6. The van der Waals surface area contributed by atoms with E-state index in [-0.39, 0.29) is 29.3 Å². The van der Waals surface area contributed by atoms with Gasteiger partial charge in [0.25, 0.3) is 0 Å². The van der Waals surface area contributed by atoms with Crippen LogP contribution in [-0.4, -0.2) is 162 Å². The molecule has 3 atom stereocenters. The van der Waals surface area contributed by atoms with Crippen molar-refractivity contribution in [2.24, 2.45) is 5.92 Å². The third-order valence-corrected chi connectivity index (χ3v) is 17.7. The van der Waals surface area contributed by atoms with E-state index in [1.165, 1.54) is 5.56 Å². The fourth-order valence-electron chi connectivity index (χ4n) is 12.7. The molecule has 2 aromatic carbocycles. The summed E-state index contributed by atoms with van der Waals surface area (Å²) >= 11 is 0. The van der Waals surface area contributed by atoms with Crippen molar-refractivity contribution in [2.75, 3.05) is 103 Å². The second-order valence-electron chi connectivity index (χ2n) is 22.9. The molecule has 1 aliphatic carbocycles. The number of rotatable bonds is 16. The molecule has 6 aromatic rings. The first-order valence-corrected chi connectivity index (χ1v) is 28.1. The molecule has 16 heteroatoms. The number of aliphatic hydroxyl groups excluding tert-OH is 1. The van der Waals surface area contributed by atoms with Crippen molar-refractivity contribution in [1.29, 1.82) is 0 Å². The number of hydrogen-bond acceptors (Lipinski definition) is 11. The molecule has 0 spiro atoms. The number of methoxy groups -OCH3 is 2. The van der Waals surface area contributed by atoms with Crippen molar-refractivity contribution in [3.63, 3.8) is 0 Å². The van der Waals surface area contributed by atoms with Crippen molar-refractivity contribution in [1.82, 2.24) is 33.7 Å². The van der Waals surface area contributed by atoms with Crippen LogP contribution in [0.3, 0.4) is 0 Å². The summed E-state index contributed by atoms with van der Waals surface area (Å²) in [7, 11) is 3.56. The predicted octanol–water partition coefficient (Wildman–Crippen LogP) is 7.60. The maximum Gasteiger partial charge on any atom is 0.225 e. The van der Waals surface area contributed by atoms with Crippen LogP contribution in [0.5, 0.6) is 0 Å². The Labute approximate surface area is 448 Å². The normalized spacial score (nSPS) is 22.1. The largest absolute Gasteiger partial charge is 0.373 e. The Bertz CT molecular complexity index is 2990. The lowest BCUT2D eigenvalue weighted by Crippen LogP contribution is -2.53. The highest BCUT2D eigenvalue weighted by molar-refractivity contribution is 5.83. The number of halogens is 1. The van der Waals surface area contributed by atoms with Crippen molar-refractivity contribution in [3.8, 4) is 22.3 Å². The van der Waals surface area contributed by atoms with Crippen LogP contribution in [-0.2, 0) is 36.8 Å². The molecule has 15 nitrogen and oxygen atoms in total. The molecule has 11 rings (SSSR count). The summed E-state index contributed by atoms with van der Waals surface area (Å²) in [6.07, 6.45) is 12.3. The van der Waals surface area contributed by atoms with Gasteiger partial charge in [-0.3, -0.25) is 14.6 Å². The van der Waals surface area contributed by atoms with E-state index in [0.717, 1.165) is 116 Å². The lowest BCUT2D eigenvalue weighted by Gasteiger charge is -2.44. The highest BCUT2D eigenvalue weighted by Gasteiger charge is 2.41. The summed E-state index contributed by atoms with van der Waals surface area (Å²) < 4.78 is 41.5. The summed E-state index contributed by atoms with van der Waals surface area (Å²) in [5, 5.41) is 16.3. The molecule has 4 aliphatic heterocycles. The zero-order chi connectivity index (χ0) is 52.9. The van der Waals surface area contributed by atoms with Gasteiger partial charge in [0.05, 0.1) is 28.7 Å². The maximum absolute atomic E-state index is 16.5. The maximum atomic E-state index is 16.5. The Hall–Kier alpha value is -5.46. The number of amides is 1. The summed E-state index contributed by atoms with van der Waals surface area (Å²) in [6, 6.07) is 24.0. The summed E-state index contributed by atoms with van der Waals surface area (Å²) in [5.41, 5.74) is 8.99. The molecule has 406 valence electrons. The molecule has 5 fully saturated rings. The van der Waals surface area contributed by atoms with E-state index in [1.807, 2.05) is 46.7 Å². The number of carbonyl (C=O) groups is 1. The Morgan fingerprint density at radius 2 is 1.34 bits per heavy atom. The molecule has 0 radical (unpaired) electrons. The number of likely N-dealkylation sites (tertiary alicyclic amines) is 2. The lowest BCUT2D eigenvalue weighted by atomic mass is 9.83. The first-order valence-electron chi connectivity index (χ1n) is 28.1. The molecule has 2 unspecified atom stereocenters. The first-order chi connectivity index (χ1) is 36.7. The summed E-state index contributed by atoms with van der Waals surface area (Å²) in [6.45, 7) is 20.6. The van der Waals surface area contributed by atoms with Gasteiger partial charge in [-0.15, -0.1) is 9.20 Å². The number of carbonyl (C=O) groups excluding carboxylic acids is 1. The van der Waals surface area contributed by atoms with Crippen molar-refractivity contribution >= 4 is 28.3 Å². The van der Waals surface area contributed by atoms with Crippen LogP contribution < -0.4 is 14.5 Å². The van der Waals surface area contributed by atoms with Crippen molar-refractivity contribution in [2.45, 2.75) is 115 Å². The molecule has 4 saturated heterocycles. The summed E-state index contributed by atoms with van der Waals surface area (Å²) in [5.74, 6) is 0.229. The third kappa shape index (κ3) is 10.4. The van der Waals surface area contributed by atoms with Gasteiger partial charge in [-0.25, -0.2) is 8.91 Å². The van der Waals surface area contributed by atoms with E-state index in [1.54, 1.807) is 13.2 Å². The minimum atomic E-state index is -1.09. The van der Waals surface area contributed by atoms with Gasteiger partial charge in [0.2, 0.25) is 12.3 Å². The molecule has 1 N–H and O–H groups in total. The molecular formula is C60H80FN10O5+. The van der Waals surface area contributed by atoms with E-state index >= 15 is 4.39 Å². The predicted molar refractivity (Wildman–Crippen MR) is 295 cm³/mol. The quantitative estimate of drug-likeness (QED) is 0.0765. The van der Waals surface area contributed by atoms with E-state index in [4.69, 9.17) is 19.3 Å². The SMILES string of the molecule is COC1(c2ccc(-c3cc4c(N5CCN(C(O)OC(C)C[n+]6ccc(N7CCN(C(=O)C8CC8)CC7)c7cc(-c8ccc([C@]9(OC)CCCN(C(C)C)C9)c(F)c8)cn76)CC5)ccnn4c3)cc2)CCN(C(C)C)CC1. The van der Waals surface area contributed by atoms with E-state index in [9.17, 15) is 9.90 Å². The van der Waals surface area contributed by atoms with E-state index in [0.29, 0.717) is 70.0 Å². The molecule has 1 saturated carbocycles. The van der Waals surface area contributed by atoms with Crippen LogP contribution in [0.2, 0.25) is 0 Å². The molecule has 5 aliphatic rings. The standard InChI is InChI=1S/C60H80FN10O5/c1-42(2)63-25-20-59(74-6,21-26-63)50-14-11-45(12-15-50)48-36-55-53(17-22-62-70(55)39-48)64-29-33-67(34-30-64)58(73)76-44(5)38-69-24-18-54(65-27-31-66(32-28-65)57(72)46-9-10-46)56-37-49(40-71(56)69)47-13-16-51(52(61)35-47)60(75-7)19-8-23-68(41-60)43(3)4/h11-18,22,24,35-37,39-40,42-44,46,58,73H,8-10,19-21,23,25-34,38,41H2,1-7H3/q+1/t44?,58?,60-/m0/s1. The minimum absolute atomic E-state index is 0.202. The highest BCUT2D eigenvalue weighted by atomic mass is 19.1. The zero-order valence-electron chi connectivity index (χ0n) is 45.9. The Morgan fingerprint density at radius 3 is 2.00 bits per heavy atom. The minimum Gasteiger partial charge on any atom is -0.373 e. The van der Waals surface area contributed by atoms with Gasteiger partial charge >= 0.3 is 0 Å². The number of ether oxygens (including phenoxy) is 3. The Morgan fingerprint density at radius 1 is 0.697 bits per heavy atom. The fourth-order valence-corrected chi connectivity index (χ4v) is 12.7. The average molecular weight is 1040 g/mol. The zero-order valence-corrected chi connectivity index (χ0v) is 45.9. The smallest absolute Gasteiger partial charge is 0.225 e. The summed E-state index contributed by atoms with van der Waals surface area (Å²) in [4.78, 5) is 26.6.